The highest BCUT2D eigenvalue weighted by Crippen LogP contribution is 2.29. The van der Waals surface area contributed by atoms with Crippen LogP contribution in [0.5, 0.6) is 5.75 Å². The Bertz CT molecular complexity index is 969. The van der Waals surface area contributed by atoms with E-state index in [1.165, 1.54) is 5.56 Å². The van der Waals surface area contributed by atoms with Gasteiger partial charge < -0.3 is 15.0 Å². The van der Waals surface area contributed by atoms with Crippen LogP contribution in [-0.2, 0) is 11.2 Å². The third-order valence-corrected chi connectivity index (χ3v) is 5.45. The van der Waals surface area contributed by atoms with Crippen molar-refractivity contribution in [3.63, 3.8) is 0 Å². The Hall–Kier alpha value is -3.15. The van der Waals surface area contributed by atoms with Crippen LogP contribution in [0.1, 0.15) is 24.8 Å². The number of rotatable bonds is 7. The Morgan fingerprint density at radius 1 is 1.17 bits per heavy atom. The van der Waals surface area contributed by atoms with Gasteiger partial charge in [0.15, 0.2) is 0 Å². The zero-order chi connectivity index (χ0) is 20.1. The second-order valence-corrected chi connectivity index (χ2v) is 7.31. The summed E-state index contributed by atoms with van der Waals surface area (Å²) in [6.07, 6.45) is 5.25. The van der Waals surface area contributed by atoms with Crippen molar-refractivity contribution >= 4 is 22.6 Å². The number of fused-ring (bicyclic) bond motifs is 1. The fourth-order valence-corrected chi connectivity index (χ4v) is 3.93. The van der Waals surface area contributed by atoms with Crippen molar-refractivity contribution in [2.75, 3.05) is 25.1 Å². The molecule has 4 rings (SSSR count). The first kappa shape index (κ1) is 19.2. The molecule has 29 heavy (non-hydrogen) atoms. The van der Waals surface area contributed by atoms with E-state index in [0.29, 0.717) is 6.54 Å². The molecule has 1 saturated heterocycles. The van der Waals surface area contributed by atoms with Gasteiger partial charge in [-0.1, -0.05) is 24.3 Å². The molecular formula is C23H26N4O2. The molecular weight excluding hydrogens is 364 g/mol. The molecule has 0 spiro atoms. The molecule has 0 bridgehead atoms. The van der Waals surface area contributed by atoms with E-state index in [9.17, 15) is 4.79 Å². The van der Waals surface area contributed by atoms with Crippen molar-refractivity contribution < 1.29 is 9.53 Å². The van der Waals surface area contributed by atoms with Crippen molar-refractivity contribution in [2.24, 2.45) is 0 Å². The molecule has 1 unspecified atom stereocenters. The predicted molar refractivity (Wildman–Crippen MR) is 114 cm³/mol. The molecule has 1 amide bonds. The number of carbonyl (C=O) groups excluding carboxylic acids is 1. The lowest BCUT2D eigenvalue weighted by atomic mass is 10.1. The third-order valence-electron chi connectivity index (χ3n) is 5.45. The molecule has 2 aromatic carbocycles. The summed E-state index contributed by atoms with van der Waals surface area (Å²) in [7, 11) is 1.67. The summed E-state index contributed by atoms with van der Waals surface area (Å²) in [5, 5.41) is 4.11. The Morgan fingerprint density at radius 2 is 2.00 bits per heavy atom. The lowest BCUT2D eigenvalue weighted by Gasteiger charge is -2.25. The van der Waals surface area contributed by atoms with Crippen LogP contribution in [0.3, 0.4) is 0 Å². The molecule has 1 aliphatic heterocycles. The SMILES string of the molecule is COc1ccc(CCCNC(=O)C2CCCN2c2ncnc3ccccc23)cc1. The molecule has 1 fully saturated rings. The van der Waals surface area contributed by atoms with Crippen LogP contribution in [0.2, 0.25) is 0 Å². The topological polar surface area (TPSA) is 67.3 Å². The van der Waals surface area contributed by atoms with Gasteiger partial charge in [-0.2, -0.15) is 0 Å². The highest BCUT2D eigenvalue weighted by Gasteiger charge is 2.32. The molecule has 1 aromatic heterocycles. The molecule has 6 heteroatoms. The fraction of sp³-hybridized carbons (Fsp3) is 0.348. The largest absolute Gasteiger partial charge is 0.497 e. The van der Waals surface area contributed by atoms with Gasteiger partial charge in [-0.25, -0.2) is 9.97 Å². The van der Waals surface area contributed by atoms with Crippen LogP contribution in [0.15, 0.2) is 54.9 Å². The number of aromatic nitrogens is 2. The molecule has 0 radical (unpaired) electrons. The van der Waals surface area contributed by atoms with Gasteiger partial charge in [0.1, 0.15) is 23.9 Å². The Balaban J connectivity index is 1.35. The van der Waals surface area contributed by atoms with E-state index in [4.69, 9.17) is 4.74 Å². The number of hydrogen-bond donors (Lipinski definition) is 1. The number of anilines is 1. The van der Waals surface area contributed by atoms with E-state index in [2.05, 4.69) is 32.3 Å². The normalized spacial score (nSPS) is 16.2. The van der Waals surface area contributed by atoms with Crippen molar-refractivity contribution in [1.29, 1.82) is 0 Å². The van der Waals surface area contributed by atoms with E-state index in [1.54, 1.807) is 13.4 Å². The summed E-state index contributed by atoms with van der Waals surface area (Å²) >= 11 is 0. The van der Waals surface area contributed by atoms with E-state index in [1.807, 2.05) is 36.4 Å². The number of benzene rings is 2. The van der Waals surface area contributed by atoms with Gasteiger partial charge in [0, 0.05) is 18.5 Å². The first-order valence-corrected chi connectivity index (χ1v) is 10.1. The molecule has 1 N–H and O–H groups in total. The van der Waals surface area contributed by atoms with Crippen molar-refractivity contribution in [3.8, 4) is 5.75 Å². The van der Waals surface area contributed by atoms with E-state index in [0.717, 1.165) is 54.7 Å². The summed E-state index contributed by atoms with van der Waals surface area (Å²) in [4.78, 5) is 23.8. The van der Waals surface area contributed by atoms with Crippen molar-refractivity contribution in [3.05, 3.63) is 60.4 Å². The third kappa shape index (κ3) is 4.31. The average Bonchev–Trinajstić information content (AvgIpc) is 3.26. The summed E-state index contributed by atoms with van der Waals surface area (Å²) < 4.78 is 5.19. The highest BCUT2D eigenvalue weighted by atomic mass is 16.5. The van der Waals surface area contributed by atoms with Gasteiger partial charge in [0.05, 0.1) is 12.6 Å². The Labute approximate surface area is 170 Å². The van der Waals surface area contributed by atoms with Gasteiger partial charge in [-0.15, -0.1) is 0 Å². The lowest BCUT2D eigenvalue weighted by Crippen LogP contribution is -2.44. The number of nitrogens with one attached hydrogen (secondary N) is 1. The van der Waals surface area contributed by atoms with Gasteiger partial charge >= 0.3 is 0 Å². The molecule has 1 aliphatic rings. The monoisotopic (exact) mass is 390 g/mol. The summed E-state index contributed by atoms with van der Waals surface area (Å²) in [6.45, 7) is 1.50. The molecule has 2 heterocycles. The van der Waals surface area contributed by atoms with Gasteiger partial charge in [-0.3, -0.25) is 4.79 Å². The van der Waals surface area contributed by atoms with E-state index < -0.39 is 0 Å². The molecule has 150 valence electrons. The maximum Gasteiger partial charge on any atom is 0.242 e. The highest BCUT2D eigenvalue weighted by molar-refractivity contribution is 5.93. The van der Waals surface area contributed by atoms with Crippen LogP contribution in [-0.4, -0.2) is 42.1 Å². The minimum atomic E-state index is -0.172. The van der Waals surface area contributed by atoms with Gasteiger partial charge in [-0.05, 0) is 55.5 Å². The molecule has 0 saturated carbocycles. The van der Waals surface area contributed by atoms with Crippen molar-refractivity contribution in [1.82, 2.24) is 15.3 Å². The quantitative estimate of drug-likeness (QED) is 0.627. The molecule has 1 atom stereocenters. The number of hydrogen-bond acceptors (Lipinski definition) is 5. The maximum atomic E-state index is 12.8. The second-order valence-electron chi connectivity index (χ2n) is 7.31. The van der Waals surface area contributed by atoms with E-state index in [-0.39, 0.29) is 11.9 Å². The Kier molecular flexibility index (Phi) is 5.89. The smallest absolute Gasteiger partial charge is 0.242 e. The maximum absolute atomic E-state index is 12.8. The van der Waals surface area contributed by atoms with Crippen LogP contribution >= 0.6 is 0 Å². The van der Waals surface area contributed by atoms with E-state index >= 15 is 0 Å². The number of ether oxygens (including phenoxy) is 1. The Morgan fingerprint density at radius 3 is 2.83 bits per heavy atom. The second kappa shape index (κ2) is 8.90. The summed E-state index contributed by atoms with van der Waals surface area (Å²) in [5.74, 6) is 1.80. The number of methoxy groups -OCH3 is 1. The number of carbonyl (C=O) groups is 1. The summed E-state index contributed by atoms with van der Waals surface area (Å²) in [6, 6.07) is 15.9. The molecule has 0 aliphatic carbocycles. The zero-order valence-electron chi connectivity index (χ0n) is 16.7. The molecule has 6 nitrogen and oxygen atoms in total. The van der Waals surface area contributed by atoms with Crippen LogP contribution < -0.4 is 15.0 Å². The minimum absolute atomic E-state index is 0.0833. The first-order valence-electron chi connectivity index (χ1n) is 10.1. The van der Waals surface area contributed by atoms with Crippen LogP contribution in [0.25, 0.3) is 10.9 Å². The standard InChI is InChI=1S/C23H26N4O2/c1-29-18-12-10-17(11-13-18)6-4-14-24-23(28)21-9-5-15-27(21)22-19-7-2-3-8-20(19)25-16-26-22/h2-3,7-8,10-13,16,21H,4-6,9,14-15H2,1H3,(H,24,28). The van der Waals surface area contributed by atoms with Gasteiger partial charge in [0.25, 0.3) is 0 Å². The lowest BCUT2D eigenvalue weighted by molar-refractivity contribution is -0.122. The van der Waals surface area contributed by atoms with Gasteiger partial charge in [0.2, 0.25) is 5.91 Å². The fourth-order valence-electron chi connectivity index (χ4n) is 3.93. The first-order chi connectivity index (χ1) is 14.3. The average molecular weight is 390 g/mol. The number of amides is 1. The predicted octanol–water partition coefficient (Wildman–Crippen LogP) is 3.36. The van der Waals surface area contributed by atoms with Crippen LogP contribution in [0, 0.1) is 0 Å². The van der Waals surface area contributed by atoms with Crippen molar-refractivity contribution in [2.45, 2.75) is 31.7 Å². The number of para-hydroxylation sites is 1. The summed E-state index contributed by atoms with van der Waals surface area (Å²) in [5.41, 5.74) is 2.15. The molecule has 3 aromatic rings. The zero-order valence-corrected chi connectivity index (χ0v) is 16.7. The number of nitrogens with zero attached hydrogens (tertiary/aromatic N) is 3. The number of aryl methyl sites for hydroxylation is 1. The van der Waals surface area contributed by atoms with Crippen LogP contribution in [0.4, 0.5) is 5.82 Å². The minimum Gasteiger partial charge on any atom is -0.497 e.